The van der Waals surface area contributed by atoms with E-state index in [1.165, 1.54) is 24.0 Å². The van der Waals surface area contributed by atoms with Gasteiger partial charge in [-0.05, 0) is 0 Å². The Labute approximate surface area is 146 Å². The van der Waals surface area contributed by atoms with Crippen LogP contribution in [0.1, 0.15) is 11.1 Å². The van der Waals surface area contributed by atoms with E-state index < -0.39 is 0 Å². The first-order valence-corrected chi connectivity index (χ1v) is 10.6. The summed E-state index contributed by atoms with van der Waals surface area (Å²) in [6.07, 6.45) is 1.02. The summed E-state index contributed by atoms with van der Waals surface area (Å²) in [4.78, 5) is 2.58. The molecule has 0 atom stereocenters. The van der Waals surface area contributed by atoms with Gasteiger partial charge in [0.25, 0.3) is 0 Å². The summed E-state index contributed by atoms with van der Waals surface area (Å²) >= 11 is 2.54. The van der Waals surface area contributed by atoms with Crippen LogP contribution in [0.15, 0.2) is 88.7 Å². The molecule has 0 nitrogen and oxygen atoms in total. The molecule has 0 bridgehead atoms. The van der Waals surface area contributed by atoms with Crippen molar-refractivity contribution in [3.05, 3.63) is 90.0 Å². The Bertz CT molecular complexity index is 688. The van der Waals surface area contributed by atoms with Crippen molar-refractivity contribution in [1.82, 2.24) is 0 Å². The third kappa shape index (κ3) is 4.45. The minimum atomic E-state index is 0.730. The minimum absolute atomic E-state index is 0.730. The van der Waals surface area contributed by atoms with Crippen molar-refractivity contribution in [3.63, 3.8) is 0 Å². The first kappa shape index (κ1) is 14.9. The van der Waals surface area contributed by atoms with Gasteiger partial charge in [-0.15, -0.1) is 0 Å². The molecule has 2 heteroatoms. The Morgan fingerprint density at radius 1 is 0.619 bits per heavy atom. The van der Waals surface area contributed by atoms with Crippen molar-refractivity contribution in [2.75, 3.05) is 0 Å². The van der Waals surface area contributed by atoms with E-state index in [0.717, 1.165) is 32.5 Å². The Morgan fingerprint density at radius 3 is 1.76 bits per heavy atom. The summed E-state index contributed by atoms with van der Waals surface area (Å²) in [5.41, 5.74) is 2.77. The van der Waals surface area contributed by atoms with Crippen LogP contribution in [0.2, 0.25) is 0 Å². The summed E-state index contributed by atoms with van der Waals surface area (Å²) in [6, 6.07) is 28.5. The van der Waals surface area contributed by atoms with Gasteiger partial charge in [-0.3, -0.25) is 0 Å². The van der Waals surface area contributed by atoms with Crippen LogP contribution in [-0.2, 0) is 32.5 Å². The molecule has 0 fully saturated rings. The van der Waals surface area contributed by atoms with Crippen molar-refractivity contribution in [2.45, 2.75) is 16.2 Å². The van der Waals surface area contributed by atoms with Crippen LogP contribution in [0.25, 0.3) is 0 Å². The molecule has 0 aliphatic carbocycles. The second-order valence-corrected chi connectivity index (χ2v) is 9.37. The molecular weight excluding hydrogens is 461 g/mol. The van der Waals surface area contributed by atoms with Crippen LogP contribution in [-0.4, -0.2) is 0 Å². The summed E-state index contributed by atoms with van der Waals surface area (Å²) < 4.78 is 1.51. The number of hydrogen-bond acceptors (Lipinski definition) is 1. The SMILES string of the molecule is [Hg][c]1ccc(Cc2ccc(Sc3ccccc3)cc2)cc1. The van der Waals surface area contributed by atoms with Crippen LogP contribution >= 0.6 is 11.8 Å². The Hall–Kier alpha value is -1.05. The van der Waals surface area contributed by atoms with E-state index in [9.17, 15) is 0 Å². The van der Waals surface area contributed by atoms with E-state index in [-0.39, 0.29) is 0 Å². The number of benzene rings is 3. The molecule has 0 unspecified atom stereocenters. The predicted molar refractivity (Wildman–Crippen MR) is 85.9 cm³/mol. The van der Waals surface area contributed by atoms with E-state index in [0.29, 0.717) is 0 Å². The zero-order valence-electron chi connectivity index (χ0n) is 11.8. The standard InChI is InChI=1S/C19H15S.Hg/c1-3-7-16(8-4-1)15-17-11-13-19(14-12-17)20-18-9-5-2-6-10-18;/h2-14H,15H2;. The number of rotatable bonds is 4. The van der Waals surface area contributed by atoms with Crippen LogP contribution in [0, 0.1) is 0 Å². The second kappa shape index (κ2) is 7.28. The molecule has 0 N–H and O–H groups in total. The van der Waals surface area contributed by atoms with Gasteiger partial charge in [0.1, 0.15) is 0 Å². The molecular formula is C19H15HgS. The molecule has 3 rings (SSSR count). The van der Waals surface area contributed by atoms with Gasteiger partial charge < -0.3 is 0 Å². The molecule has 3 aromatic rings. The second-order valence-electron chi connectivity index (χ2n) is 5.05. The maximum absolute atomic E-state index is 2.26. The summed E-state index contributed by atoms with van der Waals surface area (Å²) in [6.45, 7) is 0. The van der Waals surface area contributed by atoms with Crippen molar-refractivity contribution in [1.29, 1.82) is 0 Å². The van der Waals surface area contributed by atoms with Crippen molar-refractivity contribution in [2.24, 2.45) is 0 Å². The van der Waals surface area contributed by atoms with Crippen molar-refractivity contribution in [3.8, 4) is 0 Å². The molecule has 0 saturated heterocycles. The topological polar surface area (TPSA) is 0 Å². The molecule has 0 radical (unpaired) electrons. The van der Waals surface area contributed by atoms with Gasteiger partial charge in [0.15, 0.2) is 0 Å². The van der Waals surface area contributed by atoms with Crippen LogP contribution < -0.4 is 3.07 Å². The van der Waals surface area contributed by atoms with E-state index >= 15 is 0 Å². The summed E-state index contributed by atoms with van der Waals surface area (Å²) in [7, 11) is 0. The van der Waals surface area contributed by atoms with Crippen LogP contribution in [0.5, 0.6) is 0 Å². The zero-order valence-corrected chi connectivity index (χ0v) is 18.1. The Kier molecular flexibility index (Phi) is 5.15. The quantitative estimate of drug-likeness (QED) is 0.497. The van der Waals surface area contributed by atoms with E-state index in [2.05, 4.69) is 78.9 Å². The molecule has 0 amide bonds. The van der Waals surface area contributed by atoms with Gasteiger partial charge in [0, 0.05) is 0 Å². The van der Waals surface area contributed by atoms with E-state index in [4.69, 9.17) is 0 Å². The molecule has 21 heavy (non-hydrogen) atoms. The molecule has 0 aliphatic heterocycles. The zero-order chi connectivity index (χ0) is 14.5. The third-order valence-electron chi connectivity index (χ3n) is 3.33. The monoisotopic (exact) mass is 477 g/mol. The van der Waals surface area contributed by atoms with E-state index in [1.807, 2.05) is 11.8 Å². The fourth-order valence-corrected chi connectivity index (χ4v) is 3.95. The molecule has 0 saturated carbocycles. The van der Waals surface area contributed by atoms with Crippen molar-refractivity contribution >= 4 is 14.8 Å². The van der Waals surface area contributed by atoms with Crippen LogP contribution in [0.4, 0.5) is 0 Å². The van der Waals surface area contributed by atoms with Gasteiger partial charge in [0.05, 0.1) is 0 Å². The third-order valence-corrected chi connectivity index (χ3v) is 6.18. The van der Waals surface area contributed by atoms with E-state index in [1.54, 1.807) is 0 Å². The van der Waals surface area contributed by atoms with Gasteiger partial charge in [0.2, 0.25) is 0 Å². The van der Waals surface area contributed by atoms with Gasteiger partial charge >= 0.3 is 129 Å². The maximum atomic E-state index is 2.26. The average molecular weight is 476 g/mol. The Morgan fingerprint density at radius 2 is 1.14 bits per heavy atom. The molecule has 3 aromatic carbocycles. The summed E-state index contributed by atoms with van der Waals surface area (Å²) in [5, 5.41) is 0. The molecule has 99 valence electrons. The average Bonchev–Trinajstić information content (AvgIpc) is 2.53. The molecule has 0 spiro atoms. The summed E-state index contributed by atoms with van der Waals surface area (Å²) in [5.74, 6) is 0. The normalized spacial score (nSPS) is 10.6. The molecule has 0 aromatic heterocycles. The van der Waals surface area contributed by atoms with Gasteiger partial charge in [-0.1, -0.05) is 18.2 Å². The molecule has 0 aliphatic rings. The predicted octanol–water partition coefficient (Wildman–Crippen LogP) is 4.60. The van der Waals surface area contributed by atoms with Crippen LogP contribution in [0.3, 0.4) is 0 Å². The van der Waals surface area contributed by atoms with Gasteiger partial charge in [-0.2, -0.15) is 0 Å². The first-order valence-electron chi connectivity index (χ1n) is 7.02. The van der Waals surface area contributed by atoms with Gasteiger partial charge in [-0.25, -0.2) is 0 Å². The molecule has 0 heterocycles. The fourth-order valence-electron chi connectivity index (χ4n) is 2.19. The fraction of sp³-hybridized carbons (Fsp3) is 0.0526. The number of hydrogen-bond donors (Lipinski definition) is 0. The first-order chi connectivity index (χ1) is 10.3. The Balaban J connectivity index is 1.68. The van der Waals surface area contributed by atoms with Crippen molar-refractivity contribution < 1.29 is 26.1 Å².